The number of carbonyl (C=O) groups is 1. The number of rotatable bonds is 4. The number of nitrogens with one attached hydrogen (secondary N) is 1. The van der Waals surface area contributed by atoms with E-state index in [0.717, 1.165) is 12.1 Å². The molecule has 11 heteroatoms. The van der Waals surface area contributed by atoms with Crippen molar-refractivity contribution in [1.29, 1.82) is 0 Å². The van der Waals surface area contributed by atoms with Crippen LogP contribution in [0.3, 0.4) is 0 Å². The molecule has 2 aromatic heterocycles. The molecular weight excluding hydrogens is 394 g/mol. The fourth-order valence-corrected chi connectivity index (χ4v) is 3.12. The molecule has 3 aromatic rings. The van der Waals surface area contributed by atoms with Gasteiger partial charge in [-0.15, -0.1) is 0 Å². The number of halogens is 4. The number of carbonyl (C=O) groups excluding carboxylic acids is 1. The molecule has 1 fully saturated rings. The Balaban J connectivity index is 1.40. The summed E-state index contributed by atoms with van der Waals surface area (Å²) >= 11 is 0. The lowest BCUT2D eigenvalue weighted by molar-refractivity contribution is -0.137. The third kappa shape index (κ3) is 4.04. The van der Waals surface area contributed by atoms with Crippen LogP contribution in [0.2, 0.25) is 0 Å². The van der Waals surface area contributed by atoms with Gasteiger partial charge in [0.1, 0.15) is 30.4 Å². The summed E-state index contributed by atoms with van der Waals surface area (Å²) in [5.41, 5.74) is -0.127. The van der Waals surface area contributed by atoms with E-state index in [1.807, 2.05) is 0 Å². The molecule has 0 unspecified atom stereocenters. The lowest BCUT2D eigenvalue weighted by atomic mass is 10.2. The quantitative estimate of drug-likeness (QED) is 0.670. The van der Waals surface area contributed by atoms with Gasteiger partial charge in [0.25, 0.3) is 5.91 Å². The van der Waals surface area contributed by atoms with Crippen LogP contribution in [0.5, 0.6) is 0 Å². The number of benzene rings is 1. The van der Waals surface area contributed by atoms with Gasteiger partial charge in [0, 0.05) is 12.4 Å². The van der Waals surface area contributed by atoms with Crippen LogP contribution in [0, 0.1) is 0 Å². The van der Waals surface area contributed by atoms with Crippen molar-refractivity contribution in [3.05, 3.63) is 53.9 Å². The minimum atomic E-state index is -4.46. The van der Waals surface area contributed by atoms with Gasteiger partial charge < -0.3 is 14.6 Å². The first-order chi connectivity index (χ1) is 13.8. The fraction of sp³-hybridized carbons (Fsp3) is 0.333. The number of nitrogens with zero attached hydrogens (tertiary/aromatic N) is 4. The number of ether oxygens (including phenoxy) is 1. The number of fused-ring (bicyclic) bond motifs is 1. The summed E-state index contributed by atoms with van der Waals surface area (Å²) in [6.07, 6.45) is -2.65. The van der Waals surface area contributed by atoms with Crippen molar-refractivity contribution in [3.63, 3.8) is 0 Å². The molecule has 1 amide bonds. The van der Waals surface area contributed by atoms with Crippen molar-refractivity contribution in [2.45, 2.75) is 25.1 Å². The molecule has 1 aliphatic heterocycles. The average Bonchev–Trinajstić information content (AvgIpc) is 3.28. The number of H-pyrrole nitrogens is 1. The lowest BCUT2D eigenvalue weighted by Crippen LogP contribution is -2.30. The Kier molecular flexibility index (Phi) is 4.91. The third-order valence-corrected chi connectivity index (χ3v) is 4.56. The Morgan fingerprint density at radius 3 is 2.83 bits per heavy atom. The summed E-state index contributed by atoms with van der Waals surface area (Å²) in [7, 11) is 0. The zero-order valence-corrected chi connectivity index (χ0v) is 14.9. The maximum Gasteiger partial charge on any atom is 0.416 e. The molecule has 2 atom stereocenters. The normalized spacial score (nSPS) is 19.8. The first-order valence-corrected chi connectivity index (χ1v) is 8.68. The van der Waals surface area contributed by atoms with Gasteiger partial charge in [0.05, 0.1) is 35.9 Å². The molecule has 0 spiro atoms. The van der Waals surface area contributed by atoms with Gasteiger partial charge in [0.2, 0.25) is 0 Å². The molecule has 1 aliphatic rings. The zero-order valence-electron chi connectivity index (χ0n) is 14.9. The Hall–Kier alpha value is -3.08. The first kappa shape index (κ1) is 19.2. The number of hydrogen-bond donors (Lipinski definition) is 1. The van der Waals surface area contributed by atoms with Crippen molar-refractivity contribution in [3.8, 4) is 0 Å². The highest BCUT2D eigenvalue weighted by Crippen LogP contribution is 2.31. The van der Waals surface area contributed by atoms with Crippen LogP contribution in [0.15, 0.2) is 36.8 Å². The lowest BCUT2D eigenvalue weighted by Gasteiger charge is -2.15. The number of likely N-dealkylation sites (tertiary alicyclic amines) is 1. The van der Waals surface area contributed by atoms with Gasteiger partial charge in [-0.1, -0.05) is 0 Å². The largest absolute Gasteiger partial charge is 0.416 e. The number of imidazole rings is 1. The molecule has 0 radical (unpaired) electrons. The van der Waals surface area contributed by atoms with E-state index in [1.54, 1.807) is 0 Å². The summed E-state index contributed by atoms with van der Waals surface area (Å²) in [5, 5.41) is 0. The molecule has 1 N–H and O–H groups in total. The number of aromatic nitrogens is 4. The Morgan fingerprint density at radius 1 is 1.28 bits per heavy atom. The number of aromatic amines is 1. The van der Waals surface area contributed by atoms with E-state index >= 15 is 0 Å². The molecule has 7 nitrogen and oxygen atoms in total. The molecule has 1 aromatic carbocycles. The minimum absolute atomic E-state index is 0.0228. The topological polar surface area (TPSA) is 84.0 Å². The van der Waals surface area contributed by atoms with E-state index in [-0.39, 0.29) is 36.7 Å². The predicted octanol–water partition coefficient (Wildman–Crippen LogP) is 2.75. The molecule has 4 rings (SSSR count). The SMILES string of the molecule is O=C(c1cnccn1)N1C[C@@H](F)[C@@H](OCc2nc3ccc(C(F)(F)F)cc3[nH]2)C1. The van der Waals surface area contributed by atoms with Gasteiger partial charge in [-0.25, -0.2) is 14.4 Å². The Labute approximate surface area is 161 Å². The maximum atomic E-state index is 14.3. The number of hydrogen-bond acceptors (Lipinski definition) is 5. The number of alkyl halides is 4. The summed E-state index contributed by atoms with van der Waals surface area (Å²) < 4.78 is 58.2. The molecule has 29 heavy (non-hydrogen) atoms. The highest BCUT2D eigenvalue weighted by molar-refractivity contribution is 5.92. The summed E-state index contributed by atoms with van der Waals surface area (Å²) in [6.45, 7) is -0.252. The van der Waals surface area contributed by atoms with Gasteiger partial charge >= 0.3 is 6.18 Å². The second-order valence-corrected chi connectivity index (χ2v) is 6.58. The molecule has 152 valence electrons. The molecular formula is C18H15F4N5O2. The van der Waals surface area contributed by atoms with Crippen molar-refractivity contribution in [2.75, 3.05) is 13.1 Å². The summed E-state index contributed by atoms with van der Waals surface area (Å²) in [6, 6.07) is 3.16. The first-order valence-electron chi connectivity index (χ1n) is 8.68. The molecule has 0 bridgehead atoms. The van der Waals surface area contributed by atoms with E-state index in [2.05, 4.69) is 19.9 Å². The molecule has 0 aliphatic carbocycles. The average molecular weight is 409 g/mol. The van der Waals surface area contributed by atoms with Crippen LogP contribution in [0.1, 0.15) is 21.9 Å². The standard InChI is InChI=1S/C18H15F4N5O2/c19-11-7-27(17(28)14-6-23-3-4-24-14)8-15(11)29-9-16-25-12-2-1-10(18(20,21)22)5-13(12)26-16/h1-6,11,15H,7-9H2,(H,25,26)/t11-,15+/m1/s1. The van der Waals surface area contributed by atoms with Crippen LogP contribution in [0.25, 0.3) is 11.0 Å². The predicted molar refractivity (Wildman–Crippen MR) is 92.5 cm³/mol. The Morgan fingerprint density at radius 2 is 2.10 bits per heavy atom. The van der Waals surface area contributed by atoms with E-state index in [4.69, 9.17) is 4.74 Å². The van der Waals surface area contributed by atoms with E-state index in [0.29, 0.717) is 5.52 Å². The highest BCUT2D eigenvalue weighted by Gasteiger charge is 2.37. The van der Waals surface area contributed by atoms with E-state index < -0.39 is 29.9 Å². The van der Waals surface area contributed by atoms with Crippen LogP contribution in [-0.4, -0.2) is 56.1 Å². The minimum Gasteiger partial charge on any atom is -0.365 e. The zero-order chi connectivity index (χ0) is 20.6. The highest BCUT2D eigenvalue weighted by atomic mass is 19.4. The van der Waals surface area contributed by atoms with Crippen molar-refractivity contribution >= 4 is 16.9 Å². The van der Waals surface area contributed by atoms with Gasteiger partial charge in [0.15, 0.2) is 0 Å². The summed E-state index contributed by atoms with van der Waals surface area (Å²) in [5.74, 6) is -0.180. The van der Waals surface area contributed by atoms with Crippen LogP contribution < -0.4 is 0 Å². The van der Waals surface area contributed by atoms with Gasteiger partial charge in [-0.2, -0.15) is 13.2 Å². The fourth-order valence-electron chi connectivity index (χ4n) is 3.12. The molecule has 1 saturated heterocycles. The molecule has 0 saturated carbocycles. The monoisotopic (exact) mass is 409 g/mol. The van der Waals surface area contributed by atoms with Crippen molar-refractivity contribution < 1.29 is 27.1 Å². The number of amides is 1. The van der Waals surface area contributed by atoms with Gasteiger partial charge in [-0.05, 0) is 18.2 Å². The smallest absolute Gasteiger partial charge is 0.365 e. The van der Waals surface area contributed by atoms with Crippen molar-refractivity contribution in [2.24, 2.45) is 0 Å². The van der Waals surface area contributed by atoms with Crippen LogP contribution in [0.4, 0.5) is 17.6 Å². The second kappa shape index (κ2) is 7.39. The van der Waals surface area contributed by atoms with Crippen molar-refractivity contribution in [1.82, 2.24) is 24.8 Å². The summed E-state index contributed by atoms with van der Waals surface area (Å²) in [4.78, 5) is 28.2. The Bertz CT molecular complexity index is 1020. The van der Waals surface area contributed by atoms with E-state index in [9.17, 15) is 22.4 Å². The third-order valence-electron chi connectivity index (χ3n) is 4.56. The maximum absolute atomic E-state index is 14.3. The molecule has 3 heterocycles. The van der Waals surface area contributed by atoms with E-state index in [1.165, 1.54) is 29.6 Å². The van der Waals surface area contributed by atoms with Crippen LogP contribution in [-0.2, 0) is 17.5 Å². The second-order valence-electron chi connectivity index (χ2n) is 6.58. The van der Waals surface area contributed by atoms with Gasteiger partial charge in [-0.3, -0.25) is 9.78 Å². The van der Waals surface area contributed by atoms with Crippen LogP contribution >= 0.6 is 0 Å².